The molecule has 0 fully saturated rings. The minimum Gasteiger partial charge on any atom is -0.493 e. The maximum atomic E-state index is 6.20. The summed E-state index contributed by atoms with van der Waals surface area (Å²) in [6.45, 7) is 5.02. The maximum Gasteiger partial charge on any atom is 0.122 e. The number of hydrogen-bond acceptors (Lipinski definition) is 3. The third-order valence-electron chi connectivity index (χ3n) is 3.66. The zero-order chi connectivity index (χ0) is 14.0. The summed E-state index contributed by atoms with van der Waals surface area (Å²) in [6, 6.07) is 6.95. The lowest BCUT2D eigenvalue weighted by Crippen LogP contribution is -2.37. The fraction of sp³-hybridized carbons (Fsp3) is 0.625. The number of nitrogens with zero attached hydrogens (tertiary/aromatic N) is 1. The van der Waals surface area contributed by atoms with Crippen LogP contribution in [0.3, 0.4) is 0 Å². The molecule has 0 spiro atoms. The van der Waals surface area contributed by atoms with Crippen LogP contribution < -0.4 is 10.5 Å². The third-order valence-corrected chi connectivity index (χ3v) is 3.66. The van der Waals surface area contributed by atoms with E-state index in [0.717, 1.165) is 31.6 Å². The van der Waals surface area contributed by atoms with Crippen molar-refractivity contribution in [2.45, 2.75) is 44.7 Å². The molecule has 1 unspecified atom stereocenters. The van der Waals surface area contributed by atoms with E-state index in [2.05, 4.69) is 51.0 Å². The summed E-state index contributed by atoms with van der Waals surface area (Å²) in [4.78, 5) is 2.25. The quantitative estimate of drug-likeness (QED) is 0.906. The Morgan fingerprint density at radius 1 is 1.37 bits per heavy atom. The van der Waals surface area contributed by atoms with Gasteiger partial charge in [0.15, 0.2) is 0 Å². The highest BCUT2D eigenvalue weighted by atomic mass is 16.5. The molecule has 2 N–H and O–H groups in total. The van der Waals surface area contributed by atoms with Crippen LogP contribution in [0.4, 0.5) is 0 Å². The Balaban J connectivity index is 2.26. The average Bonchev–Trinajstić information content (AvgIpc) is 2.34. The van der Waals surface area contributed by atoms with E-state index in [1.54, 1.807) is 0 Å². The van der Waals surface area contributed by atoms with Crippen LogP contribution in [0.2, 0.25) is 0 Å². The molecule has 1 atom stereocenters. The second kappa shape index (κ2) is 5.51. The molecular formula is C16H26N2O. The first kappa shape index (κ1) is 14.4. The molecule has 0 radical (unpaired) electrons. The van der Waals surface area contributed by atoms with Gasteiger partial charge in [-0.15, -0.1) is 0 Å². The number of hydrogen-bond donors (Lipinski definition) is 1. The minimum atomic E-state index is -0.165. The Morgan fingerprint density at radius 3 is 2.74 bits per heavy atom. The fourth-order valence-electron chi connectivity index (χ4n) is 2.68. The summed E-state index contributed by atoms with van der Waals surface area (Å²) in [5.41, 5.74) is 8.71. The van der Waals surface area contributed by atoms with E-state index in [-0.39, 0.29) is 5.54 Å². The summed E-state index contributed by atoms with van der Waals surface area (Å²) in [7, 11) is 4.23. The van der Waals surface area contributed by atoms with Gasteiger partial charge in [0.1, 0.15) is 5.75 Å². The molecular weight excluding hydrogens is 236 g/mol. The zero-order valence-corrected chi connectivity index (χ0v) is 12.6. The summed E-state index contributed by atoms with van der Waals surface area (Å²) >= 11 is 0. The van der Waals surface area contributed by atoms with Crippen LogP contribution in [-0.2, 0) is 6.42 Å². The number of ether oxygens (including phenoxy) is 1. The topological polar surface area (TPSA) is 38.5 Å². The number of rotatable bonds is 4. The monoisotopic (exact) mass is 262 g/mol. The van der Waals surface area contributed by atoms with E-state index in [1.165, 1.54) is 11.1 Å². The van der Waals surface area contributed by atoms with E-state index in [1.807, 2.05) is 0 Å². The molecule has 1 aliphatic rings. The van der Waals surface area contributed by atoms with E-state index in [4.69, 9.17) is 10.5 Å². The van der Waals surface area contributed by atoms with Gasteiger partial charge in [-0.05, 0) is 64.4 Å². The summed E-state index contributed by atoms with van der Waals surface area (Å²) in [5.74, 6) is 1.06. The van der Waals surface area contributed by atoms with Crippen molar-refractivity contribution in [2.75, 3.05) is 20.7 Å². The van der Waals surface area contributed by atoms with Crippen molar-refractivity contribution >= 4 is 0 Å². The van der Waals surface area contributed by atoms with Crippen LogP contribution in [-0.4, -0.2) is 31.1 Å². The molecule has 3 nitrogen and oxygen atoms in total. The van der Waals surface area contributed by atoms with Gasteiger partial charge < -0.3 is 15.4 Å². The standard InChI is InChI=1S/C16H26N2O/c1-16(2,17)11-14(18(3)4)12-7-8-15-13(10-12)6-5-9-19-15/h7-8,10,14H,5-6,9,11,17H2,1-4H3. The molecule has 1 heterocycles. The van der Waals surface area contributed by atoms with Crippen LogP contribution in [0, 0.1) is 0 Å². The molecule has 1 aliphatic heterocycles. The Hall–Kier alpha value is -1.06. The van der Waals surface area contributed by atoms with Crippen molar-refractivity contribution in [2.24, 2.45) is 5.73 Å². The SMILES string of the molecule is CN(C)C(CC(C)(C)N)c1ccc2c(c1)CCCO2. The number of nitrogens with two attached hydrogens (primary N) is 1. The van der Waals surface area contributed by atoms with Crippen LogP contribution in [0.5, 0.6) is 5.75 Å². The summed E-state index contributed by atoms with van der Waals surface area (Å²) in [6.07, 6.45) is 3.18. The molecule has 0 aromatic heterocycles. The van der Waals surface area contributed by atoms with Crippen molar-refractivity contribution in [3.05, 3.63) is 29.3 Å². The Morgan fingerprint density at radius 2 is 2.11 bits per heavy atom. The normalized spacial score (nSPS) is 16.9. The molecule has 0 amide bonds. The van der Waals surface area contributed by atoms with Crippen molar-refractivity contribution in [3.8, 4) is 5.75 Å². The first-order valence-corrected chi connectivity index (χ1v) is 7.08. The summed E-state index contributed by atoms with van der Waals surface area (Å²) < 4.78 is 5.68. The lowest BCUT2D eigenvalue weighted by Gasteiger charge is -2.32. The second-order valence-corrected chi connectivity index (χ2v) is 6.49. The van der Waals surface area contributed by atoms with Gasteiger partial charge in [-0.3, -0.25) is 0 Å². The van der Waals surface area contributed by atoms with Crippen LogP contribution in [0.25, 0.3) is 0 Å². The van der Waals surface area contributed by atoms with E-state index in [9.17, 15) is 0 Å². The van der Waals surface area contributed by atoms with Gasteiger partial charge in [0.2, 0.25) is 0 Å². The van der Waals surface area contributed by atoms with Crippen LogP contribution >= 0.6 is 0 Å². The fourth-order valence-corrected chi connectivity index (χ4v) is 2.68. The van der Waals surface area contributed by atoms with Gasteiger partial charge >= 0.3 is 0 Å². The highest BCUT2D eigenvalue weighted by Gasteiger charge is 2.23. The molecule has 1 aromatic carbocycles. The maximum absolute atomic E-state index is 6.20. The van der Waals surface area contributed by atoms with E-state index < -0.39 is 0 Å². The van der Waals surface area contributed by atoms with Crippen molar-refractivity contribution in [1.29, 1.82) is 0 Å². The van der Waals surface area contributed by atoms with Crippen LogP contribution in [0.1, 0.15) is 43.9 Å². The Kier molecular flexibility index (Phi) is 4.16. The molecule has 1 aromatic rings. The molecule has 0 aliphatic carbocycles. The molecule has 0 saturated heterocycles. The van der Waals surface area contributed by atoms with Crippen molar-refractivity contribution in [3.63, 3.8) is 0 Å². The number of aryl methyl sites for hydroxylation is 1. The Labute approximate surface area is 116 Å². The van der Waals surface area contributed by atoms with E-state index in [0.29, 0.717) is 6.04 Å². The molecule has 106 valence electrons. The van der Waals surface area contributed by atoms with Gasteiger partial charge in [-0.25, -0.2) is 0 Å². The predicted octanol–water partition coefficient (Wildman–Crippen LogP) is 2.74. The number of fused-ring (bicyclic) bond motifs is 1. The third kappa shape index (κ3) is 3.71. The van der Waals surface area contributed by atoms with Gasteiger partial charge in [0.25, 0.3) is 0 Å². The molecule has 0 saturated carbocycles. The summed E-state index contributed by atoms with van der Waals surface area (Å²) in [5, 5.41) is 0. The first-order valence-electron chi connectivity index (χ1n) is 7.08. The van der Waals surface area contributed by atoms with E-state index >= 15 is 0 Å². The highest BCUT2D eigenvalue weighted by Crippen LogP contribution is 2.32. The second-order valence-electron chi connectivity index (χ2n) is 6.49. The van der Waals surface area contributed by atoms with Gasteiger partial charge in [-0.2, -0.15) is 0 Å². The highest BCUT2D eigenvalue weighted by molar-refractivity contribution is 5.39. The average molecular weight is 262 g/mol. The molecule has 19 heavy (non-hydrogen) atoms. The van der Waals surface area contributed by atoms with Crippen molar-refractivity contribution < 1.29 is 4.74 Å². The predicted molar refractivity (Wildman–Crippen MR) is 79.6 cm³/mol. The molecule has 0 bridgehead atoms. The Bertz CT molecular complexity index is 435. The van der Waals surface area contributed by atoms with Gasteiger partial charge in [0, 0.05) is 11.6 Å². The van der Waals surface area contributed by atoms with Gasteiger partial charge in [0.05, 0.1) is 6.61 Å². The lowest BCUT2D eigenvalue weighted by atomic mass is 9.90. The first-order chi connectivity index (χ1) is 8.87. The number of benzene rings is 1. The minimum absolute atomic E-state index is 0.165. The lowest BCUT2D eigenvalue weighted by molar-refractivity contribution is 0.242. The smallest absolute Gasteiger partial charge is 0.122 e. The zero-order valence-electron chi connectivity index (χ0n) is 12.6. The van der Waals surface area contributed by atoms with Crippen LogP contribution in [0.15, 0.2) is 18.2 Å². The van der Waals surface area contributed by atoms with Gasteiger partial charge in [-0.1, -0.05) is 12.1 Å². The molecule has 3 heteroatoms. The largest absolute Gasteiger partial charge is 0.493 e. The molecule has 2 rings (SSSR count). The van der Waals surface area contributed by atoms with Crippen molar-refractivity contribution in [1.82, 2.24) is 4.90 Å².